The van der Waals surface area contributed by atoms with Crippen LogP contribution in [0.4, 0.5) is 11.4 Å². The van der Waals surface area contributed by atoms with Crippen molar-refractivity contribution in [1.82, 2.24) is 0 Å². The van der Waals surface area contributed by atoms with E-state index in [1.165, 1.54) is 25.3 Å². The van der Waals surface area contributed by atoms with Gasteiger partial charge in [0.2, 0.25) is 0 Å². The number of phenolic OH excluding ortho intramolecular Hbond substituents is 2. The van der Waals surface area contributed by atoms with E-state index in [2.05, 4.69) is 5.32 Å². The van der Waals surface area contributed by atoms with Gasteiger partial charge in [-0.2, -0.15) is 0 Å². The van der Waals surface area contributed by atoms with Crippen LogP contribution in [0.15, 0.2) is 36.4 Å². The second-order valence-electron chi connectivity index (χ2n) is 4.28. The number of methoxy groups -OCH3 is 1. The number of nitro groups is 1. The van der Waals surface area contributed by atoms with Crippen LogP contribution in [-0.2, 0) is 6.54 Å². The number of phenols is 2. The lowest BCUT2D eigenvalue weighted by Crippen LogP contribution is -2.03. The van der Waals surface area contributed by atoms with E-state index in [1.54, 1.807) is 18.2 Å². The first-order valence-electron chi connectivity index (χ1n) is 6.09. The molecule has 0 unspecified atom stereocenters. The van der Waals surface area contributed by atoms with Crippen LogP contribution in [0.25, 0.3) is 0 Å². The summed E-state index contributed by atoms with van der Waals surface area (Å²) in [6.45, 7) is 0.132. The summed E-state index contributed by atoms with van der Waals surface area (Å²) in [6, 6.07) is 8.97. The van der Waals surface area contributed by atoms with Crippen molar-refractivity contribution in [2.45, 2.75) is 6.54 Å². The number of rotatable bonds is 5. The predicted octanol–water partition coefficient (Wildman–Crippen LogP) is 2.63. The van der Waals surface area contributed by atoms with Gasteiger partial charge in [-0.05, 0) is 18.2 Å². The number of hydrogen-bond donors (Lipinski definition) is 3. The molecule has 3 N–H and O–H groups in total. The van der Waals surface area contributed by atoms with E-state index in [0.717, 1.165) is 0 Å². The summed E-state index contributed by atoms with van der Waals surface area (Å²) in [5.41, 5.74) is 0.595. The molecule has 0 saturated heterocycles. The molecule has 7 heteroatoms. The van der Waals surface area contributed by atoms with Crippen molar-refractivity contribution in [3.63, 3.8) is 0 Å². The van der Waals surface area contributed by atoms with E-state index >= 15 is 0 Å². The molecule has 2 aromatic rings. The Labute approximate surface area is 120 Å². The number of anilines is 1. The number of nitrogens with zero attached hydrogens (tertiary/aromatic N) is 1. The fourth-order valence-electron chi connectivity index (χ4n) is 1.85. The van der Waals surface area contributed by atoms with Crippen LogP contribution >= 0.6 is 0 Å². The fourth-order valence-corrected chi connectivity index (χ4v) is 1.85. The summed E-state index contributed by atoms with van der Waals surface area (Å²) in [6.07, 6.45) is 0. The van der Waals surface area contributed by atoms with Crippen LogP contribution < -0.4 is 10.1 Å². The molecule has 2 aromatic carbocycles. The summed E-state index contributed by atoms with van der Waals surface area (Å²) in [7, 11) is 1.43. The summed E-state index contributed by atoms with van der Waals surface area (Å²) in [4.78, 5) is 10.5. The van der Waals surface area contributed by atoms with Gasteiger partial charge in [-0.3, -0.25) is 10.1 Å². The van der Waals surface area contributed by atoms with E-state index < -0.39 is 4.92 Å². The van der Waals surface area contributed by atoms with E-state index in [0.29, 0.717) is 17.0 Å². The molecule has 0 bridgehead atoms. The number of benzene rings is 2. The van der Waals surface area contributed by atoms with Crippen molar-refractivity contribution < 1.29 is 19.9 Å². The summed E-state index contributed by atoms with van der Waals surface area (Å²) < 4.78 is 4.95. The molecule has 0 fully saturated rings. The van der Waals surface area contributed by atoms with Gasteiger partial charge in [0.25, 0.3) is 5.69 Å². The Morgan fingerprint density at radius 3 is 2.71 bits per heavy atom. The number of aromatic hydroxyl groups is 2. The van der Waals surface area contributed by atoms with Gasteiger partial charge in [0.1, 0.15) is 11.4 Å². The van der Waals surface area contributed by atoms with Gasteiger partial charge in [0.15, 0.2) is 11.5 Å². The first-order valence-corrected chi connectivity index (χ1v) is 6.09. The van der Waals surface area contributed by atoms with Gasteiger partial charge in [-0.15, -0.1) is 0 Å². The highest BCUT2D eigenvalue weighted by molar-refractivity contribution is 5.64. The highest BCUT2D eigenvalue weighted by atomic mass is 16.6. The lowest BCUT2D eigenvalue weighted by molar-refractivity contribution is -0.384. The van der Waals surface area contributed by atoms with Crippen molar-refractivity contribution in [2.24, 2.45) is 0 Å². The molecule has 0 aliphatic carbocycles. The topological polar surface area (TPSA) is 105 Å². The molecule has 0 aliphatic heterocycles. The Morgan fingerprint density at radius 2 is 2.05 bits per heavy atom. The second kappa shape index (κ2) is 6.00. The SMILES string of the molecule is COc1ccc(NCc2cccc(O)c2O)c([N+](=O)[O-])c1. The normalized spacial score (nSPS) is 10.1. The Balaban J connectivity index is 2.23. The average molecular weight is 290 g/mol. The Kier molecular flexibility index (Phi) is 4.13. The largest absolute Gasteiger partial charge is 0.504 e. The second-order valence-corrected chi connectivity index (χ2v) is 4.28. The molecule has 0 aliphatic rings. The molecule has 0 atom stereocenters. The maximum Gasteiger partial charge on any atom is 0.296 e. The van der Waals surface area contributed by atoms with E-state index in [1.807, 2.05) is 0 Å². The fraction of sp³-hybridized carbons (Fsp3) is 0.143. The van der Waals surface area contributed by atoms with Gasteiger partial charge < -0.3 is 20.3 Å². The Bertz CT molecular complexity index is 672. The molecule has 0 aromatic heterocycles. The molecule has 7 nitrogen and oxygen atoms in total. The highest BCUT2D eigenvalue weighted by Gasteiger charge is 2.15. The van der Waals surface area contributed by atoms with Crippen molar-refractivity contribution in [3.05, 3.63) is 52.1 Å². The zero-order valence-corrected chi connectivity index (χ0v) is 11.2. The van der Waals surface area contributed by atoms with E-state index in [-0.39, 0.29) is 23.7 Å². The highest BCUT2D eigenvalue weighted by Crippen LogP contribution is 2.32. The summed E-state index contributed by atoms with van der Waals surface area (Å²) >= 11 is 0. The van der Waals surface area contributed by atoms with Crippen LogP contribution in [0.5, 0.6) is 17.2 Å². The predicted molar refractivity (Wildman–Crippen MR) is 76.7 cm³/mol. The molecule has 21 heavy (non-hydrogen) atoms. The van der Waals surface area contributed by atoms with Crippen LogP contribution in [0.3, 0.4) is 0 Å². The first kappa shape index (κ1) is 14.4. The average Bonchev–Trinajstić information content (AvgIpc) is 2.48. The number of hydrogen-bond acceptors (Lipinski definition) is 6. The third-order valence-electron chi connectivity index (χ3n) is 2.97. The number of para-hydroxylation sites is 1. The maximum atomic E-state index is 11.0. The minimum atomic E-state index is -0.521. The molecule has 0 heterocycles. The van der Waals surface area contributed by atoms with Crippen molar-refractivity contribution in [2.75, 3.05) is 12.4 Å². The molecule has 0 saturated carbocycles. The van der Waals surface area contributed by atoms with Crippen molar-refractivity contribution in [1.29, 1.82) is 0 Å². The molecule has 110 valence electrons. The monoisotopic (exact) mass is 290 g/mol. The molecule has 0 spiro atoms. The zero-order valence-electron chi connectivity index (χ0n) is 11.2. The van der Waals surface area contributed by atoms with Gasteiger partial charge >= 0.3 is 0 Å². The van der Waals surface area contributed by atoms with Crippen LogP contribution in [-0.4, -0.2) is 22.2 Å². The van der Waals surface area contributed by atoms with Gasteiger partial charge in [0.05, 0.1) is 18.1 Å². The maximum absolute atomic E-state index is 11.0. The van der Waals surface area contributed by atoms with E-state index in [4.69, 9.17) is 4.74 Å². The summed E-state index contributed by atoms with van der Waals surface area (Å²) in [5, 5.41) is 33.0. The quantitative estimate of drug-likeness (QED) is 0.444. The van der Waals surface area contributed by atoms with Crippen molar-refractivity contribution in [3.8, 4) is 17.2 Å². The van der Waals surface area contributed by atoms with E-state index in [9.17, 15) is 20.3 Å². The van der Waals surface area contributed by atoms with Gasteiger partial charge in [-0.1, -0.05) is 12.1 Å². The number of nitro benzene ring substituents is 1. The van der Waals surface area contributed by atoms with Gasteiger partial charge in [-0.25, -0.2) is 0 Å². The molecular formula is C14H14N2O5. The lowest BCUT2D eigenvalue weighted by atomic mass is 10.1. The van der Waals surface area contributed by atoms with Gasteiger partial charge in [0, 0.05) is 12.1 Å². The first-order chi connectivity index (χ1) is 10.0. The molecule has 2 rings (SSSR count). The third kappa shape index (κ3) is 3.14. The van der Waals surface area contributed by atoms with Crippen LogP contribution in [0.1, 0.15) is 5.56 Å². The minimum absolute atomic E-state index is 0.131. The standard InChI is InChI=1S/C14H14N2O5/c1-21-10-5-6-11(12(7-10)16(19)20)15-8-9-3-2-4-13(17)14(9)18/h2-7,15,17-18H,8H2,1H3. The number of nitrogens with one attached hydrogen (secondary N) is 1. The minimum Gasteiger partial charge on any atom is -0.504 e. The Morgan fingerprint density at radius 1 is 1.29 bits per heavy atom. The van der Waals surface area contributed by atoms with Crippen LogP contribution in [0.2, 0.25) is 0 Å². The number of ether oxygens (including phenoxy) is 1. The van der Waals surface area contributed by atoms with Crippen LogP contribution in [0, 0.1) is 10.1 Å². The molecular weight excluding hydrogens is 276 g/mol. The molecule has 0 radical (unpaired) electrons. The van der Waals surface area contributed by atoms with Crippen molar-refractivity contribution >= 4 is 11.4 Å². The Hall–Kier alpha value is -2.96. The zero-order chi connectivity index (χ0) is 15.4. The third-order valence-corrected chi connectivity index (χ3v) is 2.97. The summed E-state index contributed by atoms with van der Waals surface area (Å²) in [5.74, 6) is -0.104. The lowest BCUT2D eigenvalue weighted by Gasteiger charge is -2.10. The molecule has 0 amide bonds. The smallest absolute Gasteiger partial charge is 0.296 e.